The number of nitrogens with zero attached hydrogens (tertiary/aromatic N) is 2. The Morgan fingerprint density at radius 2 is 2.14 bits per heavy atom. The molecule has 1 aromatic carbocycles. The van der Waals surface area contributed by atoms with E-state index in [1.165, 1.54) is 0 Å². The fraction of sp³-hybridized carbons (Fsp3) is 0.167. The molecule has 0 fully saturated rings. The molecule has 1 aliphatic rings. The standard InChI is InChI=1S/C12H11N2/c1-14-8-4-7-12(14)11-6-3-2-5-10(11)9-13/h2-8,12H,1H3. The molecule has 0 bridgehead atoms. The molecule has 0 saturated heterocycles. The lowest BCUT2D eigenvalue weighted by atomic mass is 9.99. The summed E-state index contributed by atoms with van der Waals surface area (Å²) < 4.78 is 0. The first kappa shape index (κ1) is 8.83. The second-order valence-electron chi connectivity index (χ2n) is 3.34. The van der Waals surface area contributed by atoms with E-state index in [0.29, 0.717) is 0 Å². The molecule has 1 radical (unpaired) electrons. The van der Waals surface area contributed by atoms with Crippen LogP contribution in [0.4, 0.5) is 0 Å². The maximum atomic E-state index is 8.96. The van der Waals surface area contributed by atoms with E-state index in [2.05, 4.69) is 17.4 Å². The van der Waals surface area contributed by atoms with Gasteiger partial charge in [0.15, 0.2) is 0 Å². The maximum Gasteiger partial charge on any atom is 0.0995 e. The molecular weight excluding hydrogens is 172 g/mol. The first-order valence-corrected chi connectivity index (χ1v) is 4.55. The Balaban J connectivity index is 2.37. The zero-order valence-electron chi connectivity index (χ0n) is 8.01. The topological polar surface area (TPSA) is 27.0 Å². The van der Waals surface area contributed by atoms with Gasteiger partial charge >= 0.3 is 0 Å². The number of benzene rings is 1. The third-order valence-electron chi connectivity index (χ3n) is 2.45. The van der Waals surface area contributed by atoms with Crippen LogP contribution in [0.5, 0.6) is 0 Å². The number of nitriles is 1. The summed E-state index contributed by atoms with van der Waals surface area (Å²) in [7, 11) is 2.01. The van der Waals surface area contributed by atoms with Gasteiger partial charge in [-0.25, -0.2) is 0 Å². The van der Waals surface area contributed by atoms with Crippen LogP contribution in [0.15, 0.2) is 36.5 Å². The average molecular weight is 183 g/mol. The lowest BCUT2D eigenvalue weighted by molar-refractivity contribution is 0.401. The minimum atomic E-state index is 0.214. The zero-order valence-corrected chi connectivity index (χ0v) is 8.01. The van der Waals surface area contributed by atoms with Crippen molar-refractivity contribution in [3.63, 3.8) is 0 Å². The maximum absolute atomic E-state index is 8.96. The van der Waals surface area contributed by atoms with Gasteiger partial charge in [0.25, 0.3) is 0 Å². The van der Waals surface area contributed by atoms with E-state index < -0.39 is 0 Å². The predicted octanol–water partition coefficient (Wildman–Crippen LogP) is 2.26. The lowest BCUT2D eigenvalue weighted by Crippen LogP contribution is -2.15. The fourth-order valence-electron chi connectivity index (χ4n) is 1.70. The van der Waals surface area contributed by atoms with E-state index in [4.69, 9.17) is 5.26 Å². The Labute approximate surface area is 84.1 Å². The SMILES string of the molecule is CN1C=C[CH]C1c1ccccc1C#N. The molecule has 1 aromatic rings. The second-order valence-corrected chi connectivity index (χ2v) is 3.34. The van der Waals surface area contributed by atoms with Crippen LogP contribution in [0.1, 0.15) is 17.2 Å². The first-order valence-electron chi connectivity index (χ1n) is 4.55. The summed E-state index contributed by atoms with van der Waals surface area (Å²) in [5, 5.41) is 8.96. The van der Waals surface area contributed by atoms with Crippen LogP contribution in [-0.2, 0) is 0 Å². The molecule has 0 aromatic heterocycles. The van der Waals surface area contributed by atoms with E-state index in [-0.39, 0.29) is 6.04 Å². The van der Waals surface area contributed by atoms with Crippen LogP contribution in [0.25, 0.3) is 0 Å². The molecule has 2 rings (SSSR count). The summed E-state index contributed by atoms with van der Waals surface area (Å²) in [5.41, 5.74) is 1.83. The molecule has 0 N–H and O–H groups in total. The first-order chi connectivity index (χ1) is 6.83. The Hall–Kier alpha value is -1.75. The van der Waals surface area contributed by atoms with Crippen LogP contribution >= 0.6 is 0 Å². The molecule has 1 heterocycles. The van der Waals surface area contributed by atoms with Crippen molar-refractivity contribution in [2.45, 2.75) is 6.04 Å². The van der Waals surface area contributed by atoms with Gasteiger partial charge in [0.1, 0.15) is 0 Å². The van der Waals surface area contributed by atoms with Gasteiger partial charge in [-0.3, -0.25) is 0 Å². The Morgan fingerprint density at radius 3 is 2.79 bits per heavy atom. The number of hydrogen-bond donors (Lipinski definition) is 0. The molecule has 1 aliphatic heterocycles. The van der Waals surface area contributed by atoms with Crippen LogP contribution in [-0.4, -0.2) is 11.9 Å². The minimum Gasteiger partial charge on any atom is -0.373 e. The van der Waals surface area contributed by atoms with Gasteiger partial charge in [0.2, 0.25) is 0 Å². The van der Waals surface area contributed by atoms with Crippen molar-refractivity contribution in [3.8, 4) is 6.07 Å². The van der Waals surface area contributed by atoms with Crippen molar-refractivity contribution < 1.29 is 0 Å². The molecule has 1 unspecified atom stereocenters. The Kier molecular flexibility index (Phi) is 2.24. The summed E-state index contributed by atoms with van der Waals surface area (Å²) in [4.78, 5) is 2.09. The quantitative estimate of drug-likeness (QED) is 0.667. The summed E-state index contributed by atoms with van der Waals surface area (Å²) in [6.45, 7) is 0. The van der Waals surface area contributed by atoms with E-state index in [0.717, 1.165) is 11.1 Å². The Bertz CT molecular complexity index is 401. The molecule has 0 spiro atoms. The Morgan fingerprint density at radius 1 is 1.36 bits per heavy atom. The normalized spacial score (nSPS) is 19.7. The largest absolute Gasteiger partial charge is 0.373 e. The third kappa shape index (κ3) is 1.38. The fourth-order valence-corrected chi connectivity index (χ4v) is 1.70. The molecule has 14 heavy (non-hydrogen) atoms. The van der Waals surface area contributed by atoms with Crippen molar-refractivity contribution in [1.29, 1.82) is 5.26 Å². The minimum absolute atomic E-state index is 0.214. The van der Waals surface area contributed by atoms with Gasteiger partial charge in [0.05, 0.1) is 17.7 Å². The number of rotatable bonds is 1. The molecule has 2 nitrogen and oxygen atoms in total. The molecule has 1 atom stereocenters. The molecular formula is C12H11N2. The predicted molar refractivity (Wildman–Crippen MR) is 55.1 cm³/mol. The highest BCUT2D eigenvalue weighted by atomic mass is 15.1. The summed E-state index contributed by atoms with van der Waals surface area (Å²) in [6.07, 6.45) is 6.12. The van der Waals surface area contributed by atoms with E-state index >= 15 is 0 Å². The highest BCUT2D eigenvalue weighted by Crippen LogP contribution is 2.29. The average Bonchev–Trinajstić information content (AvgIpc) is 2.64. The monoisotopic (exact) mass is 183 g/mol. The van der Waals surface area contributed by atoms with E-state index in [9.17, 15) is 0 Å². The highest BCUT2D eigenvalue weighted by molar-refractivity contribution is 5.42. The summed E-state index contributed by atoms with van der Waals surface area (Å²) >= 11 is 0. The van der Waals surface area contributed by atoms with Gasteiger partial charge in [-0.2, -0.15) is 5.26 Å². The van der Waals surface area contributed by atoms with Crippen LogP contribution in [0.2, 0.25) is 0 Å². The van der Waals surface area contributed by atoms with Gasteiger partial charge in [0, 0.05) is 13.5 Å². The van der Waals surface area contributed by atoms with Gasteiger partial charge in [-0.05, 0) is 17.8 Å². The van der Waals surface area contributed by atoms with Gasteiger partial charge < -0.3 is 4.90 Å². The third-order valence-corrected chi connectivity index (χ3v) is 2.45. The van der Waals surface area contributed by atoms with Crippen molar-refractivity contribution in [3.05, 3.63) is 54.1 Å². The van der Waals surface area contributed by atoms with E-state index in [1.807, 2.05) is 43.6 Å². The molecule has 0 amide bonds. The summed E-state index contributed by atoms with van der Waals surface area (Å²) in [5.74, 6) is 0. The van der Waals surface area contributed by atoms with Gasteiger partial charge in [-0.15, -0.1) is 0 Å². The lowest BCUT2D eigenvalue weighted by Gasteiger charge is -2.21. The second kappa shape index (κ2) is 3.55. The van der Waals surface area contributed by atoms with Crippen molar-refractivity contribution in [1.82, 2.24) is 4.90 Å². The highest BCUT2D eigenvalue weighted by Gasteiger charge is 2.20. The molecule has 2 heteroatoms. The molecule has 69 valence electrons. The van der Waals surface area contributed by atoms with Crippen molar-refractivity contribution >= 4 is 0 Å². The van der Waals surface area contributed by atoms with Gasteiger partial charge in [-0.1, -0.05) is 24.3 Å². The summed E-state index contributed by atoms with van der Waals surface area (Å²) in [6, 6.07) is 10.2. The van der Waals surface area contributed by atoms with Crippen LogP contribution in [0.3, 0.4) is 0 Å². The van der Waals surface area contributed by atoms with Crippen molar-refractivity contribution in [2.24, 2.45) is 0 Å². The van der Waals surface area contributed by atoms with Crippen LogP contribution < -0.4 is 0 Å². The van der Waals surface area contributed by atoms with Crippen LogP contribution in [0, 0.1) is 17.8 Å². The van der Waals surface area contributed by atoms with E-state index in [1.54, 1.807) is 0 Å². The molecule has 0 saturated carbocycles. The zero-order chi connectivity index (χ0) is 9.97. The van der Waals surface area contributed by atoms with Crippen molar-refractivity contribution in [2.75, 3.05) is 7.05 Å². The molecule has 0 aliphatic carbocycles. The number of hydrogen-bond acceptors (Lipinski definition) is 2. The smallest absolute Gasteiger partial charge is 0.0995 e.